The van der Waals surface area contributed by atoms with E-state index in [1.807, 2.05) is 16.8 Å². The van der Waals surface area contributed by atoms with Crippen LogP contribution in [0.4, 0.5) is 0 Å². The number of hydrogen-bond acceptors (Lipinski definition) is 8. The quantitative estimate of drug-likeness (QED) is 0.585. The van der Waals surface area contributed by atoms with E-state index >= 15 is 0 Å². The molecule has 0 spiro atoms. The number of carbonyl (C=O) groups is 3. The SMILES string of the molecule is CCOC(=O)C1CCCN(C(=O)CN(C)C(=O)CCc2nc(-c3ccsc3)no2)C1. The molecule has 1 aliphatic heterocycles. The van der Waals surface area contributed by atoms with Crippen LogP contribution in [0.2, 0.25) is 0 Å². The van der Waals surface area contributed by atoms with E-state index in [0.29, 0.717) is 37.8 Å². The fraction of sp³-hybridized carbons (Fsp3) is 0.550. The first-order chi connectivity index (χ1) is 14.5. The van der Waals surface area contributed by atoms with Crippen LogP contribution < -0.4 is 0 Å². The number of carbonyl (C=O) groups excluding carboxylic acids is 3. The fourth-order valence-corrected chi connectivity index (χ4v) is 3.95. The smallest absolute Gasteiger partial charge is 0.310 e. The molecule has 1 unspecified atom stereocenters. The van der Waals surface area contributed by atoms with Gasteiger partial charge in [-0.2, -0.15) is 16.3 Å². The number of amides is 2. The van der Waals surface area contributed by atoms with Gasteiger partial charge in [0.1, 0.15) is 0 Å². The van der Waals surface area contributed by atoms with E-state index in [2.05, 4.69) is 10.1 Å². The molecule has 3 rings (SSSR count). The van der Waals surface area contributed by atoms with E-state index in [9.17, 15) is 14.4 Å². The third-order valence-electron chi connectivity index (χ3n) is 4.99. The van der Waals surface area contributed by atoms with Gasteiger partial charge in [-0.05, 0) is 31.2 Å². The molecule has 9 nitrogen and oxygen atoms in total. The third-order valence-corrected chi connectivity index (χ3v) is 5.68. The van der Waals surface area contributed by atoms with Crippen molar-refractivity contribution in [2.75, 3.05) is 33.3 Å². The van der Waals surface area contributed by atoms with Crippen molar-refractivity contribution in [3.8, 4) is 11.4 Å². The summed E-state index contributed by atoms with van der Waals surface area (Å²) in [6, 6.07) is 1.90. The Bertz CT molecular complexity index is 866. The summed E-state index contributed by atoms with van der Waals surface area (Å²) in [6.45, 7) is 2.99. The number of thiophene rings is 1. The molecule has 0 saturated carbocycles. The molecule has 30 heavy (non-hydrogen) atoms. The third kappa shape index (κ3) is 5.65. The van der Waals surface area contributed by atoms with Crippen molar-refractivity contribution in [3.05, 3.63) is 22.7 Å². The minimum Gasteiger partial charge on any atom is -0.466 e. The van der Waals surface area contributed by atoms with Gasteiger partial charge >= 0.3 is 5.97 Å². The van der Waals surface area contributed by atoms with Gasteiger partial charge in [-0.3, -0.25) is 14.4 Å². The van der Waals surface area contributed by atoms with E-state index in [0.717, 1.165) is 18.4 Å². The van der Waals surface area contributed by atoms with Crippen molar-refractivity contribution in [3.63, 3.8) is 0 Å². The number of piperidine rings is 1. The molecular weight excluding hydrogens is 408 g/mol. The topological polar surface area (TPSA) is 106 Å². The zero-order valence-corrected chi connectivity index (χ0v) is 18.0. The summed E-state index contributed by atoms with van der Waals surface area (Å²) >= 11 is 1.54. The van der Waals surface area contributed by atoms with E-state index in [1.54, 1.807) is 30.2 Å². The molecule has 162 valence electrons. The number of nitrogens with zero attached hydrogens (tertiary/aromatic N) is 4. The van der Waals surface area contributed by atoms with Crippen LogP contribution in [0.5, 0.6) is 0 Å². The number of aromatic nitrogens is 2. The lowest BCUT2D eigenvalue weighted by Crippen LogP contribution is -2.47. The van der Waals surface area contributed by atoms with Crippen LogP contribution in [0, 0.1) is 5.92 Å². The van der Waals surface area contributed by atoms with Crippen LogP contribution in [-0.2, 0) is 25.5 Å². The summed E-state index contributed by atoms with van der Waals surface area (Å²) < 4.78 is 10.3. The Labute approximate surface area is 179 Å². The summed E-state index contributed by atoms with van der Waals surface area (Å²) in [5.41, 5.74) is 0.881. The van der Waals surface area contributed by atoms with Crippen molar-refractivity contribution in [1.82, 2.24) is 19.9 Å². The van der Waals surface area contributed by atoms with Crippen molar-refractivity contribution in [2.45, 2.75) is 32.6 Å². The minimum absolute atomic E-state index is 0.0294. The molecule has 0 radical (unpaired) electrons. The Kier molecular flexibility index (Phi) is 7.56. The highest BCUT2D eigenvalue weighted by Crippen LogP contribution is 2.20. The Morgan fingerprint density at radius 1 is 1.40 bits per heavy atom. The first-order valence-electron chi connectivity index (χ1n) is 10.0. The lowest BCUT2D eigenvalue weighted by molar-refractivity contribution is -0.152. The minimum atomic E-state index is -0.293. The van der Waals surface area contributed by atoms with E-state index in [1.165, 1.54) is 4.90 Å². The zero-order valence-electron chi connectivity index (χ0n) is 17.2. The predicted octanol–water partition coefficient (Wildman–Crippen LogP) is 1.99. The molecule has 2 aromatic rings. The lowest BCUT2D eigenvalue weighted by Gasteiger charge is -2.32. The van der Waals surface area contributed by atoms with E-state index < -0.39 is 0 Å². The number of ether oxygens (including phenoxy) is 1. The second kappa shape index (κ2) is 10.3. The summed E-state index contributed by atoms with van der Waals surface area (Å²) in [4.78, 5) is 44.3. The second-order valence-corrected chi connectivity index (χ2v) is 7.98. The summed E-state index contributed by atoms with van der Waals surface area (Å²) in [5, 5.41) is 7.77. The van der Waals surface area contributed by atoms with Crippen LogP contribution in [0.15, 0.2) is 21.3 Å². The van der Waals surface area contributed by atoms with Crippen LogP contribution in [-0.4, -0.2) is 71.0 Å². The first-order valence-corrected chi connectivity index (χ1v) is 11.0. The van der Waals surface area contributed by atoms with Gasteiger partial charge in [-0.25, -0.2) is 0 Å². The highest BCUT2D eigenvalue weighted by molar-refractivity contribution is 7.08. The number of aryl methyl sites for hydroxylation is 1. The number of esters is 1. The molecule has 2 aromatic heterocycles. The second-order valence-electron chi connectivity index (χ2n) is 7.20. The van der Waals surface area contributed by atoms with Crippen LogP contribution in [0.1, 0.15) is 32.1 Å². The van der Waals surface area contributed by atoms with Gasteiger partial charge in [0.25, 0.3) is 0 Å². The van der Waals surface area contributed by atoms with Gasteiger partial charge in [-0.1, -0.05) is 5.16 Å². The lowest BCUT2D eigenvalue weighted by atomic mass is 9.98. The van der Waals surface area contributed by atoms with Crippen LogP contribution >= 0.6 is 11.3 Å². The monoisotopic (exact) mass is 434 g/mol. The number of likely N-dealkylation sites (tertiary alicyclic amines) is 1. The highest BCUT2D eigenvalue weighted by Gasteiger charge is 2.30. The van der Waals surface area contributed by atoms with Gasteiger partial charge < -0.3 is 19.1 Å². The van der Waals surface area contributed by atoms with Crippen LogP contribution in [0.25, 0.3) is 11.4 Å². The molecular formula is C20H26N4O5S. The fourth-order valence-electron chi connectivity index (χ4n) is 3.32. The maximum atomic E-state index is 12.6. The Morgan fingerprint density at radius 3 is 2.97 bits per heavy atom. The number of rotatable bonds is 8. The van der Waals surface area contributed by atoms with E-state index in [-0.39, 0.29) is 36.7 Å². The van der Waals surface area contributed by atoms with Gasteiger partial charge in [-0.15, -0.1) is 0 Å². The largest absolute Gasteiger partial charge is 0.466 e. The molecule has 10 heteroatoms. The molecule has 0 aliphatic carbocycles. The average Bonchev–Trinajstić information content (AvgIpc) is 3.44. The summed E-state index contributed by atoms with van der Waals surface area (Å²) in [7, 11) is 1.59. The molecule has 3 heterocycles. The van der Waals surface area contributed by atoms with Gasteiger partial charge in [0.2, 0.25) is 23.5 Å². The summed E-state index contributed by atoms with van der Waals surface area (Å²) in [5.74, 6) is -0.0181. The molecule has 1 aliphatic rings. The normalized spacial score (nSPS) is 16.3. The molecule has 0 aromatic carbocycles. The van der Waals surface area contributed by atoms with Gasteiger partial charge in [0.05, 0.1) is 19.1 Å². The molecule has 2 amide bonds. The Balaban J connectivity index is 1.45. The highest BCUT2D eigenvalue weighted by atomic mass is 32.1. The van der Waals surface area contributed by atoms with E-state index in [4.69, 9.17) is 9.26 Å². The number of hydrogen-bond donors (Lipinski definition) is 0. The zero-order chi connectivity index (χ0) is 21.5. The first kappa shape index (κ1) is 21.9. The molecule has 0 N–H and O–H groups in total. The maximum Gasteiger partial charge on any atom is 0.310 e. The van der Waals surface area contributed by atoms with Gasteiger partial charge in [0, 0.05) is 43.9 Å². The van der Waals surface area contributed by atoms with Crippen molar-refractivity contribution < 1.29 is 23.6 Å². The molecule has 1 atom stereocenters. The standard InChI is InChI=1S/C20H26N4O5S/c1-3-28-20(27)14-5-4-9-24(11-14)18(26)12-23(2)17(25)7-6-16-21-19(22-29-16)15-8-10-30-13-15/h8,10,13-14H,3-7,9,11-12H2,1-2H3. The summed E-state index contributed by atoms with van der Waals surface area (Å²) in [6.07, 6.45) is 1.94. The maximum absolute atomic E-state index is 12.6. The van der Waals surface area contributed by atoms with Crippen LogP contribution in [0.3, 0.4) is 0 Å². The molecule has 1 saturated heterocycles. The number of likely N-dealkylation sites (N-methyl/N-ethyl adjacent to an activating group) is 1. The van der Waals surface area contributed by atoms with Crippen molar-refractivity contribution >= 4 is 29.1 Å². The predicted molar refractivity (Wildman–Crippen MR) is 110 cm³/mol. The van der Waals surface area contributed by atoms with Crippen molar-refractivity contribution in [2.24, 2.45) is 5.92 Å². The van der Waals surface area contributed by atoms with Gasteiger partial charge in [0.15, 0.2) is 0 Å². The Hall–Kier alpha value is -2.75. The molecule has 1 fully saturated rings. The average molecular weight is 435 g/mol. The molecule has 0 bridgehead atoms. The van der Waals surface area contributed by atoms with Crippen molar-refractivity contribution in [1.29, 1.82) is 0 Å². The Morgan fingerprint density at radius 2 is 2.23 bits per heavy atom.